The summed E-state index contributed by atoms with van der Waals surface area (Å²) in [5.41, 5.74) is 5.21. The minimum atomic E-state index is 0.0832. The van der Waals surface area contributed by atoms with Crippen molar-refractivity contribution in [2.75, 3.05) is 14.1 Å². The van der Waals surface area contributed by atoms with Gasteiger partial charge in [-0.25, -0.2) is 5.43 Å². The number of aryl methyl sites for hydroxylation is 1. The molecular weight excluding hydrogens is 162 g/mol. The zero-order valence-corrected chi connectivity index (χ0v) is 8.41. The quantitative estimate of drug-likeness (QED) is 0.413. The van der Waals surface area contributed by atoms with Crippen LogP contribution in [0.2, 0.25) is 0 Å². The lowest BCUT2D eigenvalue weighted by Gasteiger charge is -2.23. The van der Waals surface area contributed by atoms with E-state index >= 15 is 0 Å². The topological polar surface area (TPSA) is 41.3 Å². The fourth-order valence-corrected chi connectivity index (χ4v) is 1.38. The van der Waals surface area contributed by atoms with Crippen LogP contribution in [0.3, 0.4) is 0 Å². The molecule has 1 atom stereocenters. The second-order valence-electron chi connectivity index (χ2n) is 3.45. The summed E-state index contributed by atoms with van der Waals surface area (Å²) < 4.78 is 0. The molecule has 0 heterocycles. The van der Waals surface area contributed by atoms with Gasteiger partial charge in [0.15, 0.2) is 0 Å². The standard InChI is InChI=1S/C10H17N3/c1-8-5-4-6-9(7-8)10(12-11)13(2)3/h4-7,10,12H,11H2,1-3H3. The molecule has 0 fully saturated rings. The number of nitrogens with two attached hydrogens (primary N) is 1. The zero-order valence-electron chi connectivity index (χ0n) is 8.41. The van der Waals surface area contributed by atoms with Crippen LogP contribution >= 0.6 is 0 Å². The predicted molar refractivity (Wildman–Crippen MR) is 54.9 cm³/mol. The highest BCUT2D eigenvalue weighted by Crippen LogP contribution is 2.14. The average molecular weight is 179 g/mol. The van der Waals surface area contributed by atoms with Crippen molar-refractivity contribution >= 4 is 0 Å². The van der Waals surface area contributed by atoms with Crippen LogP contribution in [-0.4, -0.2) is 19.0 Å². The van der Waals surface area contributed by atoms with Gasteiger partial charge < -0.3 is 0 Å². The van der Waals surface area contributed by atoms with Gasteiger partial charge in [0.05, 0.1) is 6.17 Å². The Morgan fingerprint density at radius 3 is 2.54 bits per heavy atom. The van der Waals surface area contributed by atoms with E-state index in [4.69, 9.17) is 5.84 Å². The molecule has 0 aliphatic carbocycles. The molecule has 0 spiro atoms. The van der Waals surface area contributed by atoms with E-state index in [-0.39, 0.29) is 6.17 Å². The third kappa shape index (κ3) is 2.52. The molecule has 0 bridgehead atoms. The van der Waals surface area contributed by atoms with E-state index < -0.39 is 0 Å². The first-order valence-corrected chi connectivity index (χ1v) is 4.34. The van der Waals surface area contributed by atoms with Gasteiger partial charge >= 0.3 is 0 Å². The summed E-state index contributed by atoms with van der Waals surface area (Å²) in [4.78, 5) is 2.04. The molecule has 0 radical (unpaired) electrons. The van der Waals surface area contributed by atoms with E-state index in [9.17, 15) is 0 Å². The Hall–Kier alpha value is -0.900. The van der Waals surface area contributed by atoms with Gasteiger partial charge in [0.2, 0.25) is 0 Å². The molecule has 1 aromatic rings. The summed E-state index contributed by atoms with van der Waals surface area (Å²) in [7, 11) is 3.99. The first-order valence-electron chi connectivity index (χ1n) is 4.34. The highest BCUT2D eigenvalue weighted by atomic mass is 15.4. The molecular formula is C10H17N3. The Balaban J connectivity index is 2.91. The van der Waals surface area contributed by atoms with Crippen molar-refractivity contribution in [2.45, 2.75) is 13.1 Å². The van der Waals surface area contributed by atoms with Crippen LogP contribution in [0.5, 0.6) is 0 Å². The molecule has 13 heavy (non-hydrogen) atoms. The van der Waals surface area contributed by atoms with Crippen LogP contribution in [-0.2, 0) is 0 Å². The molecule has 0 aliphatic rings. The van der Waals surface area contributed by atoms with Gasteiger partial charge in [0.1, 0.15) is 0 Å². The molecule has 3 nitrogen and oxygen atoms in total. The molecule has 0 aliphatic heterocycles. The highest BCUT2D eigenvalue weighted by molar-refractivity contribution is 5.24. The molecule has 1 aromatic carbocycles. The summed E-state index contributed by atoms with van der Waals surface area (Å²) in [6, 6.07) is 8.31. The Bertz CT molecular complexity index is 271. The lowest BCUT2D eigenvalue weighted by molar-refractivity contribution is 0.253. The Morgan fingerprint density at radius 2 is 2.08 bits per heavy atom. The van der Waals surface area contributed by atoms with Gasteiger partial charge in [-0.15, -0.1) is 0 Å². The number of nitrogens with zero attached hydrogens (tertiary/aromatic N) is 1. The van der Waals surface area contributed by atoms with Crippen molar-refractivity contribution < 1.29 is 0 Å². The maximum atomic E-state index is 5.46. The summed E-state index contributed by atoms with van der Waals surface area (Å²) in [6.07, 6.45) is 0.0832. The molecule has 3 heteroatoms. The van der Waals surface area contributed by atoms with Crippen molar-refractivity contribution in [2.24, 2.45) is 5.84 Å². The predicted octanol–water partition coefficient (Wildman–Crippen LogP) is 1.02. The number of hydrogen-bond donors (Lipinski definition) is 2. The fourth-order valence-electron chi connectivity index (χ4n) is 1.38. The van der Waals surface area contributed by atoms with E-state index in [2.05, 4.69) is 30.5 Å². The van der Waals surface area contributed by atoms with Crippen molar-refractivity contribution in [1.82, 2.24) is 10.3 Å². The first-order chi connectivity index (χ1) is 6.15. The van der Waals surface area contributed by atoms with E-state index in [1.807, 2.05) is 25.1 Å². The van der Waals surface area contributed by atoms with Crippen LogP contribution < -0.4 is 11.3 Å². The highest BCUT2D eigenvalue weighted by Gasteiger charge is 2.10. The third-order valence-electron chi connectivity index (χ3n) is 2.03. The number of rotatable bonds is 3. The maximum Gasteiger partial charge on any atom is 0.0980 e. The van der Waals surface area contributed by atoms with Gasteiger partial charge in [-0.3, -0.25) is 10.7 Å². The summed E-state index contributed by atoms with van der Waals surface area (Å²) in [6.45, 7) is 2.08. The largest absolute Gasteiger partial charge is 0.289 e. The second-order valence-corrected chi connectivity index (χ2v) is 3.45. The van der Waals surface area contributed by atoms with Gasteiger partial charge in [-0.05, 0) is 26.6 Å². The second kappa shape index (κ2) is 4.37. The molecule has 3 N–H and O–H groups in total. The number of hydrogen-bond acceptors (Lipinski definition) is 3. The van der Waals surface area contributed by atoms with Crippen molar-refractivity contribution in [3.05, 3.63) is 35.4 Å². The van der Waals surface area contributed by atoms with E-state index in [1.54, 1.807) is 0 Å². The number of hydrazine groups is 1. The van der Waals surface area contributed by atoms with E-state index in [0.29, 0.717) is 0 Å². The number of benzene rings is 1. The normalized spacial score (nSPS) is 13.3. The fraction of sp³-hybridized carbons (Fsp3) is 0.400. The smallest absolute Gasteiger partial charge is 0.0980 e. The van der Waals surface area contributed by atoms with Gasteiger partial charge in [-0.1, -0.05) is 29.8 Å². The molecule has 0 saturated heterocycles. The van der Waals surface area contributed by atoms with Crippen LogP contribution in [0.15, 0.2) is 24.3 Å². The molecule has 1 rings (SSSR count). The average Bonchev–Trinajstić information content (AvgIpc) is 2.04. The van der Waals surface area contributed by atoms with Gasteiger partial charge in [0.25, 0.3) is 0 Å². The summed E-state index contributed by atoms with van der Waals surface area (Å²) in [5.74, 6) is 5.46. The van der Waals surface area contributed by atoms with Crippen LogP contribution in [0, 0.1) is 6.92 Å². The van der Waals surface area contributed by atoms with Gasteiger partial charge in [0, 0.05) is 0 Å². The lowest BCUT2D eigenvalue weighted by Crippen LogP contribution is -2.37. The molecule has 0 saturated carbocycles. The van der Waals surface area contributed by atoms with Crippen LogP contribution in [0.4, 0.5) is 0 Å². The maximum absolute atomic E-state index is 5.46. The summed E-state index contributed by atoms with van der Waals surface area (Å²) in [5, 5.41) is 0. The minimum absolute atomic E-state index is 0.0832. The zero-order chi connectivity index (χ0) is 9.84. The molecule has 0 aromatic heterocycles. The number of nitrogens with one attached hydrogen (secondary N) is 1. The molecule has 0 amide bonds. The van der Waals surface area contributed by atoms with E-state index in [0.717, 1.165) is 0 Å². The molecule has 72 valence electrons. The molecule has 1 unspecified atom stereocenters. The minimum Gasteiger partial charge on any atom is -0.289 e. The van der Waals surface area contributed by atoms with E-state index in [1.165, 1.54) is 11.1 Å². The Morgan fingerprint density at radius 1 is 1.38 bits per heavy atom. The lowest BCUT2D eigenvalue weighted by atomic mass is 10.1. The van der Waals surface area contributed by atoms with Crippen molar-refractivity contribution in [3.8, 4) is 0 Å². The Labute approximate surface area is 79.5 Å². The first kappa shape index (κ1) is 10.2. The Kier molecular flexibility index (Phi) is 3.42. The van der Waals surface area contributed by atoms with Crippen LogP contribution in [0.25, 0.3) is 0 Å². The van der Waals surface area contributed by atoms with Crippen molar-refractivity contribution in [1.29, 1.82) is 0 Å². The SMILES string of the molecule is Cc1cccc(C(NN)N(C)C)c1. The van der Waals surface area contributed by atoms with Crippen LogP contribution in [0.1, 0.15) is 17.3 Å². The monoisotopic (exact) mass is 179 g/mol. The van der Waals surface area contributed by atoms with Gasteiger partial charge in [-0.2, -0.15) is 0 Å². The van der Waals surface area contributed by atoms with Crippen molar-refractivity contribution in [3.63, 3.8) is 0 Å². The summed E-state index contributed by atoms with van der Waals surface area (Å²) >= 11 is 0. The third-order valence-corrected chi connectivity index (χ3v) is 2.03.